The third-order valence-corrected chi connectivity index (χ3v) is 3.15. The molecule has 0 radical (unpaired) electrons. The van der Waals surface area contributed by atoms with Gasteiger partial charge in [0.1, 0.15) is 5.82 Å². The molecule has 1 aliphatic rings. The van der Waals surface area contributed by atoms with Gasteiger partial charge in [-0.15, -0.1) is 0 Å². The van der Waals surface area contributed by atoms with Gasteiger partial charge in [-0.1, -0.05) is 19.1 Å². The summed E-state index contributed by atoms with van der Waals surface area (Å²) in [5.41, 5.74) is 0.184. The lowest BCUT2D eigenvalue weighted by molar-refractivity contribution is 0.0739. The van der Waals surface area contributed by atoms with Crippen molar-refractivity contribution < 1.29 is 9.18 Å². The molecule has 2 rings (SSSR count). The highest BCUT2D eigenvalue weighted by molar-refractivity contribution is 5.94. The van der Waals surface area contributed by atoms with Gasteiger partial charge in [0.15, 0.2) is 0 Å². The van der Waals surface area contributed by atoms with Gasteiger partial charge in [0.2, 0.25) is 0 Å². The summed E-state index contributed by atoms with van der Waals surface area (Å²) in [7, 11) is 0. The van der Waals surface area contributed by atoms with Gasteiger partial charge in [0.25, 0.3) is 5.91 Å². The van der Waals surface area contributed by atoms with E-state index in [0.29, 0.717) is 5.92 Å². The first kappa shape index (κ1) is 11.1. The molecule has 1 amide bonds. The van der Waals surface area contributed by atoms with E-state index in [1.807, 2.05) is 6.92 Å². The number of rotatable bonds is 1. The average molecular weight is 221 g/mol. The number of benzene rings is 1. The van der Waals surface area contributed by atoms with E-state index in [9.17, 15) is 9.18 Å². The summed E-state index contributed by atoms with van der Waals surface area (Å²) in [4.78, 5) is 13.9. The Morgan fingerprint density at radius 3 is 2.62 bits per heavy atom. The van der Waals surface area contributed by atoms with Gasteiger partial charge in [-0.25, -0.2) is 4.39 Å². The Bertz CT molecular complexity index is 405. The van der Waals surface area contributed by atoms with Crippen molar-refractivity contribution in [1.29, 1.82) is 0 Å². The van der Waals surface area contributed by atoms with Gasteiger partial charge in [-0.3, -0.25) is 4.79 Å². The molecule has 2 atom stereocenters. The molecule has 2 nitrogen and oxygen atoms in total. The van der Waals surface area contributed by atoms with Gasteiger partial charge < -0.3 is 4.90 Å². The molecule has 16 heavy (non-hydrogen) atoms. The lowest BCUT2D eigenvalue weighted by Gasteiger charge is -2.21. The number of amides is 1. The molecule has 0 spiro atoms. The molecule has 0 saturated carbocycles. The van der Waals surface area contributed by atoms with Crippen LogP contribution in [0.1, 0.15) is 30.6 Å². The standard InChI is InChI=1S/C13H16FNO/c1-9-7-10(2)15(8-9)13(16)11-5-3-4-6-12(11)14/h3-6,9-10H,7-8H2,1-2H3. The highest BCUT2D eigenvalue weighted by atomic mass is 19.1. The third kappa shape index (κ3) is 1.94. The van der Waals surface area contributed by atoms with E-state index in [1.165, 1.54) is 6.07 Å². The van der Waals surface area contributed by atoms with E-state index in [-0.39, 0.29) is 17.5 Å². The number of nitrogens with zero attached hydrogens (tertiary/aromatic N) is 1. The zero-order valence-corrected chi connectivity index (χ0v) is 9.61. The maximum absolute atomic E-state index is 13.5. The minimum atomic E-state index is -0.431. The van der Waals surface area contributed by atoms with E-state index >= 15 is 0 Å². The van der Waals surface area contributed by atoms with Crippen molar-refractivity contribution in [3.8, 4) is 0 Å². The molecule has 86 valence electrons. The van der Waals surface area contributed by atoms with Crippen LogP contribution in [0.2, 0.25) is 0 Å². The summed E-state index contributed by atoms with van der Waals surface area (Å²) in [5.74, 6) is -0.111. The molecule has 3 heteroatoms. The minimum Gasteiger partial charge on any atom is -0.336 e. The van der Waals surface area contributed by atoms with Crippen molar-refractivity contribution in [3.05, 3.63) is 35.6 Å². The summed E-state index contributed by atoms with van der Waals surface area (Å²) in [6, 6.07) is 6.38. The number of likely N-dealkylation sites (tertiary alicyclic amines) is 1. The molecule has 1 heterocycles. The molecule has 1 saturated heterocycles. The molecular weight excluding hydrogens is 205 g/mol. The fraction of sp³-hybridized carbons (Fsp3) is 0.462. The number of hydrogen-bond donors (Lipinski definition) is 0. The van der Waals surface area contributed by atoms with Crippen LogP contribution in [0.4, 0.5) is 4.39 Å². The highest BCUT2D eigenvalue weighted by Crippen LogP contribution is 2.24. The normalized spacial score (nSPS) is 24.8. The summed E-state index contributed by atoms with van der Waals surface area (Å²) >= 11 is 0. The van der Waals surface area contributed by atoms with E-state index in [2.05, 4.69) is 6.92 Å². The second-order valence-corrected chi connectivity index (χ2v) is 4.63. The SMILES string of the molecule is CC1CC(C)N(C(=O)c2ccccc2F)C1. The predicted octanol–water partition coefficient (Wildman–Crippen LogP) is 2.70. The van der Waals surface area contributed by atoms with Crippen molar-refractivity contribution >= 4 is 5.91 Å². The molecule has 0 aromatic heterocycles. The smallest absolute Gasteiger partial charge is 0.257 e. The first-order chi connectivity index (χ1) is 7.59. The fourth-order valence-electron chi connectivity index (χ4n) is 2.37. The third-order valence-electron chi connectivity index (χ3n) is 3.15. The molecule has 0 bridgehead atoms. The molecule has 0 N–H and O–H groups in total. The van der Waals surface area contributed by atoms with Crippen LogP contribution < -0.4 is 0 Å². The lowest BCUT2D eigenvalue weighted by Crippen LogP contribution is -2.34. The van der Waals surface area contributed by atoms with Crippen molar-refractivity contribution in [2.24, 2.45) is 5.92 Å². The Labute approximate surface area is 95.1 Å². The summed E-state index contributed by atoms with van der Waals surface area (Å²) in [5, 5.41) is 0. The van der Waals surface area contributed by atoms with Crippen LogP contribution in [0.25, 0.3) is 0 Å². The Morgan fingerprint density at radius 1 is 1.38 bits per heavy atom. The second-order valence-electron chi connectivity index (χ2n) is 4.63. The molecule has 1 fully saturated rings. The van der Waals surface area contributed by atoms with E-state index in [0.717, 1.165) is 13.0 Å². The van der Waals surface area contributed by atoms with Crippen molar-refractivity contribution in [2.45, 2.75) is 26.3 Å². The average Bonchev–Trinajstić information content (AvgIpc) is 2.58. The van der Waals surface area contributed by atoms with Crippen LogP contribution in [0.3, 0.4) is 0 Å². The van der Waals surface area contributed by atoms with E-state index in [4.69, 9.17) is 0 Å². The number of hydrogen-bond acceptors (Lipinski definition) is 1. The minimum absolute atomic E-state index is 0.184. The predicted molar refractivity (Wildman–Crippen MR) is 60.7 cm³/mol. The second kappa shape index (κ2) is 4.24. The number of carbonyl (C=O) groups is 1. The van der Waals surface area contributed by atoms with Crippen molar-refractivity contribution in [3.63, 3.8) is 0 Å². The molecule has 2 unspecified atom stereocenters. The van der Waals surface area contributed by atoms with E-state index < -0.39 is 5.82 Å². The van der Waals surface area contributed by atoms with Crippen LogP contribution in [-0.2, 0) is 0 Å². The van der Waals surface area contributed by atoms with Crippen LogP contribution in [0, 0.1) is 11.7 Å². The van der Waals surface area contributed by atoms with Crippen LogP contribution >= 0.6 is 0 Å². The Morgan fingerprint density at radius 2 is 2.06 bits per heavy atom. The Balaban J connectivity index is 2.23. The Kier molecular flexibility index (Phi) is 2.95. The summed E-state index contributed by atoms with van der Waals surface area (Å²) in [6.07, 6.45) is 1.00. The highest BCUT2D eigenvalue weighted by Gasteiger charge is 2.31. The topological polar surface area (TPSA) is 20.3 Å². The van der Waals surface area contributed by atoms with Crippen LogP contribution in [-0.4, -0.2) is 23.4 Å². The van der Waals surface area contributed by atoms with Crippen LogP contribution in [0.15, 0.2) is 24.3 Å². The fourth-order valence-corrected chi connectivity index (χ4v) is 2.37. The van der Waals surface area contributed by atoms with Gasteiger partial charge in [-0.05, 0) is 31.4 Å². The van der Waals surface area contributed by atoms with Crippen molar-refractivity contribution in [1.82, 2.24) is 4.90 Å². The molecular formula is C13H16FNO. The molecule has 1 aromatic carbocycles. The zero-order chi connectivity index (χ0) is 11.7. The lowest BCUT2D eigenvalue weighted by atomic mass is 10.1. The first-order valence-corrected chi connectivity index (χ1v) is 5.65. The largest absolute Gasteiger partial charge is 0.336 e. The van der Waals surface area contributed by atoms with Gasteiger partial charge in [0, 0.05) is 12.6 Å². The number of halogens is 1. The zero-order valence-electron chi connectivity index (χ0n) is 9.61. The number of carbonyl (C=O) groups excluding carboxylic acids is 1. The Hall–Kier alpha value is -1.38. The maximum Gasteiger partial charge on any atom is 0.257 e. The van der Waals surface area contributed by atoms with Gasteiger partial charge in [-0.2, -0.15) is 0 Å². The maximum atomic E-state index is 13.5. The monoisotopic (exact) mass is 221 g/mol. The molecule has 1 aliphatic heterocycles. The van der Waals surface area contributed by atoms with Gasteiger partial charge >= 0.3 is 0 Å². The van der Waals surface area contributed by atoms with Crippen LogP contribution in [0.5, 0.6) is 0 Å². The molecule has 1 aromatic rings. The van der Waals surface area contributed by atoms with Gasteiger partial charge in [0.05, 0.1) is 5.56 Å². The molecule has 0 aliphatic carbocycles. The van der Waals surface area contributed by atoms with E-state index in [1.54, 1.807) is 23.1 Å². The van der Waals surface area contributed by atoms with Crippen molar-refractivity contribution in [2.75, 3.05) is 6.54 Å². The summed E-state index contributed by atoms with van der Waals surface area (Å²) in [6.45, 7) is 4.86. The quantitative estimate of drug-likeness (QED) is 0.714. The summed E-state index contributed by atoms with van der Waals surface area (Å²) < 4.78 is 13.5. The first-order valence-electron chi connectivity index (χ1n) is 5.65.